The molecule has 15 heavy (non-hydrogen) atoms. The molecule has 0 unspecified atom stereocenters. The van der Waals surface area contributed by atoms with Crippen molar-refractivity contribution in [2.24, 2.45) is 0 Å². The average Bonchev–Trinajstić information content (AvgIpc) is 2.26. The lowest BCUT2D eigenvalue weighted by molar-refractivity contribution is 0.107. The van der Waals surface area contributed by atoms with E-state index in [0.717, 1.165) is 12.8 Å². The number of aryl methyl sites for hydroxylation is 1. The Bertz CT molecular complexity index is 288. The molecule has 0 spiro atoms. The number of hydrogen-bond donors (Lipinski definition) is 2. The molecule has 82 valence electrons. The number of carbonyl (C=O) groups excluding carboxylic acids is 1. The van der Waals surface area contributed by atoms with Crippen LogP contribution in [0.3, 0.4) is 0 Å². The fraction of sp³-hybridized carbons (Fsp3) is 0.364. The second-order valence-corrected chi connectivity index (χ2v) is 3.15. The summed E-state index contributed by atoms with van der Waals surface area (Å²) in [5.41, 5.74) is 3.48. The quantitative estimate of drug-likeness (QED) is 0.569. The third-order valence-electron chi connectivity index (χ3n) is 1.97. The highest BCUT2D eigenvalue weighted by Gasteiger charge is 1.97. The van der Waals surface area contributed by atoms with Crippen molar-refractivity contribution in [3.8, 4) is 0 Å². The van der Waals surface area contributed by atoms with E-state index < -0.39 is 0 Å². The van der Waals surface area contributed by atoms with E-state index in [0.29, 0.717) is 6.54 Å². The zero-order valence-corrected chi connectivity index (χ0v) is 8.82. The average molecular weight is 208 g/mol. The normalized spacial score (nSPS) is 9.67. The van der Waals surface area contributed by atoms with Gasteiger partial charge in [-0.05, 0) is 18.4 Å². The minimum atomic E-state index is -0.300. The molecular formula is C11H16N2O2. The van der Waals surface area contributed by atoms with Crippen LogP contribution in [-0.2, 0) is 11.3 Å². The smallest absolute Gasteiger partial charge is 0.336 e. The fourth-order valence-corrected chi connectivity index (χ4v) is 1.27. The highest BCUT2D eigenvalue weighted by Crippen LogP contribution is 2.01. The molecule has 4 heteroatoms. The van der Waals surface area contributed by atoms with Crippen molar-refractivity contribution < 1.29 is 9.63 Å². The third-order valence-corrected chi connectivity index (χ3v) is 1.97. The fourth-order valence-electron chi connectivity index (χ4n) is 1.27. The van der Waals surface area contributed by atoms with Crippen molar-refractivity contribution in [3.63, 3.8) is 0 Å². The minimum Gasteiger partial charge on any atom is -0.336 e. The Morgan fingerprint density at radius 3 is 2.73 bits per heavy atom. The highest BCUT2D eigenvalue weighted by atomic mass is 16.6. The van der Waals surface area contributed by atoms with E-state index in [1.165, 1.54) is 12.7 Å². The third kappa shape index (κ3) is 5.02. The number of urea groups is 1. The lowest BCUT2D eigenvalue weighted by atomic mass is 10.1. The SMILES string of the molecule is CONC(=O)NCCCc1ccccc1. The Hall–Kier alpha value is -1.55. The predicted octanol–water partition coefficient (Wildman–Crippen LogP) is 1.48. The second kappa shape index (κ2) is 6.84. The molecule has 1 aromatic carbocycles. The van der Waals surface area contributed by atoms with Crippen molar-refractivity contribution in [2.45, 2.75) is 12.8 Å². The van der Waals surface area contributed by atoms with E-state index in [1.54, 1.807) is 0 Å². The zero-order valence-electron chi connectivity index (χ0n) is 8.82. The van der Waals surface area contributed by atoms with E-state index in [-0.39, 0.29) is 6.03 Å². The molecule has 0 aliphatic carbocycles. The summed E-state index contributed by atoms with van der Waals surface area (Å²) in [7, 11) is 1.41. The molecule has 0 aromatic heterocycles. The number of carbonyl (C=O) groups is 1. The topological polar surface area (TPSA) is 50.4 Å². The second-order valence-electron chi connectivity index (χ2n) is 3.15. The van der Waals surface area contributed by atoms with Crippen LogP contribution in [0.5, 0.6) is 0 Å². The Kier molecular flexibility index (Phi) is 5.25. The van der Waals surface area contributed by atoms with Crippen LogP contribution in [0.2, 0.25) is 0 Å². The summed E-state index contributed by atoms with van der Waals surface area (Å²) >= 11 is 0. The first-order chi connectivity index (χ1) is 7.33. The monoisotopic (exact) mass is 208 g/mol. The predicted molar refractivity (Wildman–Crippen MR) is 58.3 cm³/mol. The molecule has 0 aliphatic heterocycles. The summed E-state index contributed by atoms with van der Waals surface area (Å²) in [6.07, 6.45) is 1.88. The molecule has 0 bridgehead atoms. The van der Waals surface area contributed by atoms with Gasteiger partial charge in [0.15, 0.2) is 0 Å². The van der Waals surface area contributed by atoms with Crippen molar-refractivity contribution >= 4 is 6.03 Å². The number of benzene rings is 1. The van der Waals surface area contributed by atoms with Gasteiger partial charge < -0.3 is 5.32 Å². The van der Waals surface area contributed by atoms with E-state index >= 15 is 0 Å². The summed E-state index contributed by atoms with van der Waals surface area (Å²) in [6, 6.07) is 9.88. The molecule has 4 nitrogen and oxygen atoms in total. The molecule has 0 fully saturated rings. The highest BCUT2D eigenvalue weighted by molar-refractivity contribution is 5.72. The van der Waals surface area contributed by atoms with E-state index in [4.69, 9.17) is 0 Å². The summed E-state index contributed by atoms with van der Waals surface area (Å²) in [5.74, 6) is 0. The van der Waals surface area contributed by atoms with Crippen LogP contribution in [-0.4, -0.2) is 19.7 Å². The summed E-state index contributed by atoms with van der Waals surface area (Å²) in [5, 5.41) is 2.68. The van der Waals surface area contributed by atoms with Gasteiger partial charge in [0.1, 0.15) is 0 Å². The van der Waals surface area contributed by atoms with Gasteiger partial charge in [0.25, 0.3) is 0 Å². The van der Waals surface area contributed by atoms with Crippen molar-refractivity contribution in [1.29, 1.82) is 0 Å². The number of amides is 2. The standard InChI is InChI=1S/C11H16N2O2/c1-15-13-11(14)12-9-5-8-10-6-3-2-4-7-10/h2-4,6-7H,5,8-9H2,1H3,(H2,12,13,14). The lowest BCUT2D eigenvalue weighted by Gasteiger charge is -2.05. The van der Waals surface area contributed by atoms with Crippen LogP contribution in [0, 0.1) is 0 Å². The molecule has 0 saturated heterocycles. The molecule has 0 aliphatic rings. The van der Waals surface area contributed by atoms with Crippen LogP contribution in [0.25, 0.3) is 0 Å². The van der Waals surface area contributed by atoms with Gasteiger partial charge in [-0.1, -0.05) is 30.3 Å². The number of hydroxylamine groups is 1. The van der Waals surface area contributed by atoms with Crippen LogP contribution in [0.4, 0.5) is 4.79 Å². The van der Waals surface area contributed by atoms with Crippen LogP contribution >= 0.6 is 0 Å². The van der Waals surface area contributed by atoms with Crippen LogP contribution in [0.1, 0.15) is 12.0 Å². The molecule has 0 radical (unpaired) electrons. The molecule has 2 N–H and O–H groups in total. The van der Waals surface area contributed by atoms with E-state index in [2.05, 4.69) is 27.8 Å². The van der Waals surface area contributed by atoms with Gasteiger partial charge in [-0.2, -0.15) is 0 Å². The number of nitrogens with one attached hydrogen (secondary N) is 2. The maximum atomic E-state index is 10.9. The molecule has 2 amide bonds. The van der Waals surface area contributed by atoms with Crippen LogP contribution < -0.4 is 10.8 Å². The maximum absolute atomic E-state index is 10.9. The molecule has 0 atom stereocenters. The Balaban J connectivity index is 2.10. The van der Waals surface area contributed by atoms with Gasteiger partial charge in [0.05, 0.1) is 7.11 Å². The first-order valence-electron chi connectivity index (χ1n) is 4.93. The number of hydrogen-bond acceptors (Lipinski definition) is 2. The molecule has 1 aromatic rings. The molecule has 0 saturated carbocycles. The number of rotatable bonds is 5. The lowest BCUT2D eigenvalue weighted by Crippen LogP contribution is -2.35. The van der Waals surface area contributed by atoms with E-state index in [9.17, 15) is 4.79 Å². The molecule has 0 heterocycles. The van der Waals surface area contributed by atoms with Gasteiger partial charge >= 0.3 is 6.03 Å². The zero-order chi connectivity index (χ0) is 10.9. The van der Waals surface area contributed by atoms with Gasteiger partial charge in [-0.3, -0.25) is 4.84 Å². The molecular weight excluding hydrogens is 192 g/mol. The van der Waals surface area contributed by atoms with Gasteiger partial charge in [-0.15, -0.1) is 0 Å². The van der Waals surface area contributed by atoms with Gasteiger partial charge in [0, 0.05) is 6.54 Å². The van der Waals surface area contributed by atoms with Crippen LogP contribution in [0.15, 0.2) is 30.3 Å². The minimum absolute atomic E-state index is 0.300. The Morgan fingerprint density at radius 1 is 1.33 bits per heavy atom. The summed E-state index contributed by atoms with van der Waals surface area (Å²) in [6.45, 7) is 0.643. The first kappa shape index (κ1) is 11.5. The van der Waals surface area contributed by atoms with Crippen molar-refractivity contribution in [2.75, 3.05) is 13.7 Å². The van der Waals surface area contributed by atoms with Crippen molar-refractivity contribution in [3.05, 3.63) is 35.9 Å². The van der Waals surface area contributed by atoms with Crippen molar-refractivity contribution in [1.82, 2.24) is 10.8 Å². The van der Waals surface area contributed by atoms with Gasteiger partial charge in [0.2, 0.25) is 0 Å². The largest absolute Gasteiger partial charge is 0.338 e. The maximum Gasteiger partial charge on any atom is 0.338 e. The molecule has 1 rings (SSSR count). The first-order valence-corrected chi connectivity index (χ1v) is 4.93. The Labute approximate surface area is 89.6 Å². The summed E-state index contributed by atoms with van der Waals surface area (Å²) < 4.78 is 0. The summed E-state index contributed by atoms with van der Waals surface area (Å²) in [4.78, 5) is 15.4. The van der Waals surface area contributed by atoms with Gasteiger partial charge in [-0.25, -0.2) is 10.3 Å². The Morgan fingerprint density at radius 2 is 2.07 bits per heavy atom. The van der Waals surface area contributed by atoms with E-state index in [1.807, 2.05) is 18.2 Å².